The average molecular weight is 379 g/mol. The largest absolute Gasteiger partial charge is 0.344 e. The summed E-state index contributed by atoms with van der Waals surface area (Å²) in [5.74, 6) is -0.263. The predicted molar refractivity (Wildman–Crippen MR) is 103 cm³/mol. The van der Waals surface area contributed by atoms with Gasteiger partial charge in [0.25, 0.3) is 11.5 Å². The highest BCUT2D eigenvalue weighted by atomic mass is 32.1. The molecule has 7 heteroatoms. The second-order valence-electron chi connectivity index (χ2n) is 5.82. The fourth-order valence-electron chi connectivity index (χ4n) is 2.81. The van der Waals surface area contributed by atoms with Crippen LogP contribution < -0.4 is 10.9 Å². The SMILES string of the molecule is O=C(NCc1nc2ccccc2c(=O)n1-c1ccc(F)cc1)c1cccs1. The third-order valence-corrected chi connectivity index (χ3v) is 4.95. The van der Waals surface area contributed by atoms with Crippen molar-refractivity contribution in [1.29, 1.82) is 0 Å². The molecule has 5 nitrogen and oxygen atoms in total. The second kappa shape index (κ2) is 7.13. The van der Waals surface area contributed by atoms with Crippen molar-refractivity contribution in [3.8, 4) is 5.69 Å². The van der Waals surface area contributed by atoms with Gasteiger partial charge in [0.15, 0.2) is 0 Å². The molecule has 0 atom stereocenters. The van der Waals surface area contributed by atoms with Crippen LogP contribution in [-0.2, 0) is 6.54 Å². The number of carbonyl (C=O) groups is 1. The number of para-hydroxylation sites is 1. The zero-order valence-electron chi connectivity index (χ0n) is 14.1. The van der Waals surface area contributed by atoms with E-state index in [2.05, 4.69) is 10.3 Å². The summed E-state index contributed by atoms with van der Waals surface area (Å²) in [4.78, 5) is 30.4. The molecule has 2 aromatic carbocycles. The van der Waals surface area contributed by atoms with E-state index in [-0.39, 0.29) is 18.0 Å². The number of fused-ring (bicyclic) bond motifs is 1. The molecule has 4 rings (SSSR count). The van der Waals surface area contributed by atoms with Crippen molar-refractivity contribution in [2.75, 3.05) is 0 Å². The summed E-state index contributed by atoms with van der Waals surface area (Å²) in [6.07, 6.45) is 0. The highest BCUT2D eigenvalue weighted by Crippen LogP contribution is 2.14. The van der Waals surface area contributed by atoms with Gasteiger partial charge in [0, 0.05) is 0 Å². The van der Waals surface area contributed by atoms with Gasteiger partial charge in [-0.2, -0.15) is 0 Å². The Bertz CT molecular complexity index is 1170. The third-order valence-electron chi connectivity index (χ3n) is 4.08. The van der Waals surface area contributed by atoms with Gasteiger partial charge in [-0.1, -0.05) is 18.2 Å². The van der Waals surface area contributed by atoms with E-state index < -0.39 is 5.82 Å². The highest BCUT2D eigenvalue weighted by Gasteiger charge is 2.14. The number of aromatic nitrogens is 2. The molecule has 0 saturated carbocycles. The van der Waals surface area contributed by atoms with Crippen molar-refractivity contribution in [3.05, 3.63) is 92.9 Å². The lowest BCUT2D eigenvalue weighted by Gasteiger charge is -2.14. The predicted octanol–water partition coefficient (Wildman–Crippen LogP) is 3.52. The molecule has 1 N–H and O–H groups in total. The first kappa shape index (κ1) is 17.1. The van der Waals surface area contributed by atoms with Gasteiger partial charge < -0.3 is 5.32 Å². The fourth-order valence-corrected chi connectivity index (χ4v) is 3.45. The Morgan fingerprint density at radius 3 is 2.59 bits per heavy atom. The van der Waals surface area contributed by atoms with E-state index in [1.165, 1.54) is 40.2 Å². The number of amides is 1. The molecular weight excluding hydrogens is 365 g/mol. The van der Waals surface area contributed by atoms with Gasteiger partial charge in [-0.25, -0.2) is 9.37 Å². The lowest BCUT2D eigenvalue weighted by atomic mass is 10.2. The molecule has 0 aliphatic carbocycles. The quantitative estimate of drug-likeness (QED) is 0.590. The summed E-state index contributed by atoms with van der Waals surface area (Å²) in [6, 6.07) is 16.1. The van der Waals surface area contributed by atoms with Gasteiger partial charge in [0.05, 0.1) is 28.0 Å². The van der Waals surface area contributed by atoms with Crippen LogP contribution in [0.1, 0.15) is 15.5 Å². The Morgan fingerprint density at radius 1 is 1.07 bits per heavy atom. The van der Waals surface area contributed by atoms with E-state index in [1.54, 1.807) is 36.4 Å². The molecule has 27 heavy (non-hydrogen) atoms. The van der Waals surface area contributed by atoms with Crippen LogP contribution in [0.15, 0.2) is 70.8 Å². The number of carbonyl (C=O) groups excluding carboxylic acids is 1. The van der Waals surface area contributed by atoms with E-state index in [1.807, 2.05) is 5.38 Å². The van der Waals surface area contributed by atoms with Crippen LogP contribution in [0.2, 0.25) is 0 Å². The Hall–Kier alpha value is -3.32. The summed E-state index contributed by atoms with van der Waals surface area (Å²) in [6.45, 7) is 0.0637. The molecule has 4 aromatic rings. The van der Waals surface area contributed by atoms with Crippen LogP contribution in [0.25, 0.3) is 16.6 Å². The van der Waals surface area contributed by atoms with Crippen LogP contribution in [-0.4, -0.2) is 15.5 Å². The molecule has 2 heterocycles. The fraction of sp³-hybridized carbons (Fsp3) is 0.0500. The number of rotatable bonds is 4. The van der Waals surface area contributed by atoms with E-state index in [0.717, 1.165) is 0 Å². The van der Waals surface area contributed by atoms with Crippen molar-refractivity contribution < 1.29 is 9.18 Å². The van der Waals surface area contributed by atoms with Crippen LogP contribution >= 0.6 is 11.3 Å². The van der Waals surface area contributed by atoms with Gasteiger partial charge in [0.2, 0.25) is 0 Å². The molecule has 0 aliphatic heterocycles. The maximum Gasteiger partial charge on any atom is 0.266 e. The smallest absolute Gasteiger partial charge is 0.266 e. The van der Waals surface area contributed by atoms with Crippen LogP contribution in [0.4, 0.5) is 4.39 Å². The summed E-state index contributed by atoms with van der Waals surface area (Å²) < 4.78 is 14.7. The number of thiophene rings is 1. The molecule has 0 fully saturated rings. The van der Waals surface area contributed by atoms with Crippen LogP contribution in [0.3, 0.4) is 0 Å². The van der Waals surface area contributed by atoms with Crippen molar-refractivity contribution in [2.24, 2.45) is 0 Å². The van der Waals surface area contributed by atoms with Crippen molar-refractivity contribution in [2.45, 2.75) is 6.54 Å². The van der Waals surface area contributed by atoms with E-state index in [0.29, 0.717) is 27.3 Å². The molecular formula is C20H14FN3O2S. The van der Waals surface area contributed by atoms with Crippen molar-refractivity contribution in [3.63, 3.8) is 0 Å². The first-order chi connectivity index (χ1) is 13.1. The minimum absolute atomic E-state index is 0.0637. The third kappa shape index (κ3) is 3.37. The number of nitrogens with zero attached hydrogens (tertiary/aromatic N) is 2. The molecule has 2 aromatic heterocycles. The van der Waals surface area contributed by atoms with Crippen LogP contribution in [0, 0.1) is 5.82 Å². The number of nitrogens with one attached hydrogen (secondary N) is 1. The second-order valence-corrected chi connectivity index (χ2v) is 6.77. The number of halogens is 1. The Morgan fingerprint density at radius 2 is 1.85 bits per heavy atom. The minimum Gasteiger partial charge on any atom is -0.344 e. The highest BCUT2D eigenvalue weighted by molar-refractivity contribution is 7.12. The Labute approximate surface area is 157 Å². The molecule has 1 amide bonds. The zero-order chi connectivity index (χ0) is 18.8. The summed E-state index contributed by atoms with van der Waals surface area (Å²) in [5.41, 5.74) is 0.758. The summed E-state index contributed by atoms with van der Waals surface area (Å²) in [5, 5.41) is 5.06. The average Bonchev–Trinajstić information content (AvgIpc) is 3.22. The van der Waals surface area contributed by atoms with E-state index in [4.69, 9.17) is 0 Å². The number of hydrogen-bond donors (Lipinski definition) is 1. The number of benzene rings is 2. The lowest BCUT2D eigenvalue weighted by Crippen LogP contribution is -2.30. The summed E-state index contributed by atoms with van der Waals surface area (Å²) in [7, 11) is 0. The van der Waals surface area contributed by atoms with Gasteiger partial charge in [-0.15, -0.1) is 11.3 Å². The van der Waals surface area contributed by atoms with Gasteiger partial charge in [-0.3, -0.25) is 14.2 Å². The van der Waals surface area contributed by atoms with Gasteiger partial charge in [0.1, 0.15) is 11.6 Å². The molecule has 0 unspecified atom stereocenters. The van der Waals surface area contributed by atoms with Gasteiger partial charge >= 0.3 is 0 Å². The molecule has 0 spiro atoms. The first-order valence-corrected chi connectivity index (χ1v) is 9.10. The monoisotopic (exact) mass is 379 g/mol. The summed E-state index contributed by atoms with van der Waals surface area (Å²) >= 11 is 1.33. The Balaban J connectivity index is 1.80. The molecule has 0 radical (unpaired) electrons. The maximum atomic E-state index is 13.3. The van der Waals surface area contributed by atoms with E-state index >= 15 is 0 Å². The van der Waals surface area contributed by atoms with Crippen molar-refractivity contribution in [1.82, 2.24) is 14.9 Å². The van der Waals surface area contributed by atoms with Crippen molar-refractivity contribution >= 4 is 28.1 Å². The van der Waals surface area contributed by atoms with Crippen LogP contribution in [0.5, 0.6) is 0 Å². The number of hydrogen-bond acceptors (Lipinski definition) is 4. The topological polar surface area (TPSA) is 64.0 Å². The van der Waals surface area contributed by atoms with Gasteiger partial charge in [-0.05, 0) is 47.8 Å². The zero-order valence-corrected chi connectivity index (χ0v) is 14.9. The maximum absolute atomic E-state index is 13.3. The van der Waals surface area contributed by atoms with E-state index in [9.17, 15) is 14.0 Å². The minimum atomic E-state index is -0.395. The molecule has 134 valence electrons. The standard InChI is InChI=1S/C20H14FN3O2S/c21-13-7-9-14(10-8-13)24-18(12-22-19(25)17-6-3-11-27-17)23-16-5-2-1-4-15(16)20(24)26/h1-11H,12H2,(H,22,25). The molecule has 0 bridgehead atoms. The first-order valence-electron chi connectivity index (χ1n) is 8.22. The Kier molecular flexibility index (Phi) is 4.52. The normalized spacial score (nSPS) is 10.9. The molecule has 0 aliphatic rings. The lowest BCUT2D eigenvalue weighted by molar-refractivity contribution is 0.0953. The molecule has 0 saturated heterocycles.